The van der Waals surface area contributed by atoms with Crippen molar-refractivity contribution >= 4 is 40.3 Å². The molecule has 7 heteroatoms. The van der Waals surface area contributed by atoms with E-state index in [1.54, 1.807) is 42.5 Å². The number of amides is 3. The fraction of sp³-hybridized carbons (Fsp3) is 0.200. The standard InChI is InChI=1S/C20H18N2O4S/c1-13-7-5-6-10-15(13)21-18(24)11-17-19(25)22(20(26)27-17)12-16(23)14-8-3-2-4-9-14/h2-10,17H,11-12H2,1H3,(H,21,24)/t17-/m1/s1. The van der Waals surface area contributed by atoms with Gasteiger partial charge in [-0.1, -0.05) is 60.3 Å². The molecule has 0 unspecified atom stereocenters. The van der Waals surface area contributed by atoms with Crippen LogP contribution in [0.2, 0.25) is 0 Å². The SMILES string of the molecule is Cc1ccccc1NC(=O)C[C@H]1SC(=O)N(CC(=O)c2ccccc2)C1=O. The number of thioether (sulfide) groups is 1. The van der Waals surface area contributed by atoms with Crippen LogP contribution in [0.4, 0.5) is 10.5 Å². The van der Waals surface area contributed by atoms with Gasteiger partial charge in [0.15, 0.2) is 5.78 Å². The molecule has 0 spiro atoms. The van der Waals surface area contributed by atoms with Crippen LogP contribution in [0.25, 0.3) is 0 Å². The van der Waals surface area contributed by atoms with Gasteiger partial charge in [0, 0.05) is 17.7 Å². The van der Waals surface area contributed by atoms with E-state index in [1.807, 2.05) is 19.1 Å². The molecule has 1 fully saturated rings. The zero-order valence-electron chi connectivity index (χ0n) is 14.7. The number of ketones is 1. The molecule has 1 aliphatic heterocycles. The zero-order valence-corrected chi connectivity index (χ0v) is 15.5. The number of Topliss-reactive ketones (excluding diaryl/α,β-unsaturated/α-hetero) is 1. The Labute approximate surface area is 160 Å². The van der Waals surface area contributed by atoms with Crippen molar-refractivity contribution in [3.8, 4) is 0 Å². The Morgan fingerprint density at radius 2 is 1.70 bits per heavy atom. The molecular formula is C20H18N2O4S. The smallest absolute Gasteiger partial charge is 0.289 e. The summed E-state index contributed by atoms with van der Waals surface area (Å²) in [4.78, 5) is 50.1. The second kappa shape index (κ2) is 8.18. The van der Waals surface area contributed by atoms with Gasteiger partial charge in [-0.05, 0) is 18.6 Å². The van der Waals surface area contributed by atoms with Gasteiger partial charge in [-0.15, -0.1) is 0 Å². The molecule has 1 aliphatic rings. The highest BCUT2D eigenvalue weighted by Gasteiger charge is 2.41. The zero-order chi connectivity index (χ0) is 19.4. The Hall–Kier alpha value is -2.93. The molecule has 0 aliphatic carbocycles. The van der Waals surface area contributed by atoms with Crippen molar-refractivity contribution in [3.05, 3.63) is 65.7 Å². The van der Waals surface area contributed by atoms with E-state index in [-0.39, 0.29) is 24.7 Å². The van der Waals surface area contributed by atoms with E-state index < -0.39 is 16.4 Å². The third-order valence-electron chi connectivity index (χ3n) is 4.19. The van der Waals surface area contributed by atoms with Crippen molar-refractivity contribution in [1.29, 1.82) is 0 Å². The minimum absolute atomic E-state index is 0.125. The summed E-state index contributed by atoms with van der Waals surface area (Å²) in [5, 5.41) is 1.44. The lowest BCUT2D eigenvalue weighted by Crippen LogP contribution is -2.36. The molecule has 27 heavy (non-hydrogen) atoms. The molecule has 1 atom stereocenters. The topological polar surface area (TPSA) is 83.6 Å². The molecule has 2 aromatic carbocycles. The summed E-state index contributed by atoms with van der Waals surface area (Å²) < 4.78 is 0. The maximum absolute atomic E-state index is 12.5. The van der Waals surface area contributed by atoms with Gasteiger partial charge in [0.2, 0.25) is 11.8 Å². The van der Waals surface area contributed by atoms with E-state index in [0.29, 0.717) is 11.3 Å². The van der Waals surface area contributed by atoms with Gasteiger partial charge < -0.3 is 5.32 Å². The Bertz CT molecular complexity index is 898. The average molecular weight is 382 g/mol. The Morgan fingerprint density at radius 3 is 2.41 bits per heavy atom. The molecule has 3 rings (SSSR count). The van der Waals surface area contributed by atoms with Crippen LogP contribution in [0.15, 0.2) is 54.6 Å². The number of anilines is 1. The number of nitrogens with one attached hydrogen (secondary N) is 1. The van der Waals surface area contributed by atoms with E-state index in [4.69, 9.17) is 0 Å². The lowest BCUT2D eigenvalue weighted by Gasteiger charge is -2.13. The Morgan fingerprint density at radius 1 is 1.04 bits per heavy atom. The van der Waals surface area contributed by atoms with Crippen molar-refractivity contribution in [1.82, 2.24) is 4.90 Å². The number of imide groups is 1. The first-order valence-electron chi connectivity index (χ1n) is 8.41. The summed E-state index contributed by atoms with van der Waals surface area (Å²) in [6, 6.07) is 15.8. The maximum Gasteiger partial charge on any atom is 0.289 e. The minimum atomic E-state index is -0.815. The molecule has 3 amide bonds. The van der Waals surface area contributed by atoms with Gasteiger partial charge in [0.05, 0.1) is 6.54 Å². The number of hydrogen-bond acceptors (Lipinski definition) is 5. The van der Waals surface area contributed by atoms with Gasteiger partial charge in [-0.3, -0.25) is 24.1 Å². The molecule has 6 nitrogen and oxygen atoms in total. The number of benzene rings is 2. The van der Waals surface area contributed by atoms with Crippen LogP contribution in [0, 0.1) is 6.92 Å². The van der Waals surface area contributed by atoms with E-state index in [1.165, 1.54) is 0 Å². The molecule has 1 saturated heterocycles. The summed E-state index contributed by atoms with van der Waals surface area (Å²) in [6.45, 7) is 1.55. The predicted molar refractivity (Wildman–Crippen MR) is 104 cm³/mol. The fourth-order valence-electron chi connectivity index (χ4n) is 2.71. The number of nitrogens with zero attached hydrogens (tertiary/aromatic N) is 1. The molecule has 1 N–H and O–H groups in total. The van der Waals surface area contributed by atoms with Gasteiger partial charge in [0.25, 0.3) is 5.24 Å². The molecule has 138 valence electrons. The Kier molecular flexibility index (Phi) is 5.71. The first-order chi connectivity index (χ1) is 13.0. The number of aryl methyl sites for hydroxylation is 1. The largest absolute Gasteiger partial charge is 0.326 e. The molecule has 0 bridgehead atoms. The normalized spacial score (nSPS) is 16.5. The number of rotatable bonds is 6. The third-order valence-corrected chi connectivity index (χ3v) is 5.27. The Balaban J connectivity index is 1.61. The first-order valence-corrected chi connectivity index (χ1v) is 9.29. The van der Waals surface area contributed by atoms with Crippen molar-refractivity contribution in [2.75, 3.05) is 11.9 Å². The van der Waals surface area contributed by atoms with Gasteiger partial charge in [0.1, 0.15) is 5.25 Å². The summed E-state index contributed by atoms with van der Waals surface area (Å²) >= 11 is 0.786. The highest BCUT2D eigenvalue weighted by molar-refractivity contribution is 8.15. The molecule has 1 heterocycles. The molecule has 0 saturated carbocycles. The van der Waals surface area contributed by atoms with E-state index >= 15 is 0 Å². The van der Waals surface area contributed by atoms with Crippen molar-refractivity contribution < 1.29 is 19.2 Å². The van der Waals surface area contributed by atoms with Crippen molar-refractivity contribution in [2.24, 2.45) is 0 Å². The quantitative estimate of drug-likeness (QED) is 0.775. The number of hydrogen-bond donors (Lipinski definition) is 1. The second-order valence-electron chi connectivity index (χ2n) is 6.15. The number of carbonyl (C=O) groups excluding carboxylic acids is 4. The molecule has 2 aromatic rings. The van der Waals surface area contributed by atoms with Crippen LogP contribution in [0.5, 0.6) is 0 Å². The van der Waals surface area contributed by atoms with Gasteiger partial charge >= 0.3 is 0 Å². The van der Waals surface area contributed by atoms with Crippen LogP contribution >= 0.6 is 11.8 Å². The van der Waals surface area contributed by atoms with Crippen LogP contribution in [-0.4, -0.2) is 39.5 Å². The van der Waals surface area contributed by atoms with Gasteiger partial charge in [-0.25, -0.2) is 0 Å². The summed E-state index contributed by atoms with van der Waals surface area (Å²) in [6.07, 6.45) is -0.125. The van der Waals surface area contributed by atoms with E-state index in [2.05, 4.69) is 5.32 Å². The fourth-order valence-corrected chi connectivity index (χ4v) is 3.70. The summed E-state index contributed by atoms with van der Waals surface area (Å²) in [5.74, 6) is -1.17. The van der Waals surface area contributed by atoms with Crippen LogP contribution in [-0.2, 0) is 9.59 Å². The molecular weight excluding hydrogens is 364 g/mol. The number of para-hydroxylation sites is 1. The highest BCUT2D eigenvalue weighted by Crippen LogP contribution is 2.30. The first kappa shape index (κ1) is 18.8. The predicted octanol–water partition coefficient (Wildman–Crippen LogP) is 3.27. The highest BCUT2D eigenvalue weighted by atomic mass is 32.2. The van der Waals surface area contributed by atoms with Crippen LogP contribution < -0.4 is 5.32 Å². The van der Waals surface area contributed by atoms with Crippen LogP contribution in [0.1, 0.15) is 22.3 Å². The van der Waals surface area contributed by atoms with Crippen molar-refractivity contribution in [2.45, 2.75) is 18.6 Å². The lowest BCUT2D eigenvalue weighted by molar-refractivity contribution is -0.128. The van der Waals surface area contributed by atoms with E-state index in [0.717, 1.165) is 22.2 Å². The third kappa shape index (κ3) is 4.43. The molecule has 0 aromatic heterocycles. The average Bonchev–Trinajstić information content (AvgIpc) is 2.91. The van der Waals surface area contributed by atoms with Crippen molar-refractivity contribution in [3.63, 3.8) is 0 Å². The maximum atomic E-state index is 12.5. The van der Waals surface area contributed by atoms with Gasteiger partial charge in [-0.2, -0.15) is 0 Å². The second-order valence-corrected chi connectivity index (χ2v) is 7.31. The minimum Gasteiger partial charge on any atom is -0.326 e. The summed E-state index contributed by atoms with van der Waals surface area (Å²) in [5.41, 5.74) is 2.01. The monoisotopic (exact) mass is 382 g/mol. The number of carbonyl (C=O) groups is 4. The summed E-state index contributed by atoms with van der Waals surface area (Å²) in [7, 11) is 0. The lowest BCUT2D eigenvalue weighted by atomic mass is 10.1. The van der Waals surface area contributed by atoms with E-state index in [9.17, 15) is 19.2 Å². The molecule has 0 radical (unpaired) electrons. The van der Waals surface area contributed by atoms with Crippen LogP contribution in [0.3, 0.4) is 0 Å².